The number of amides is 1. The van der Waals surface area contributed by atoms with Crippen LogP contribution >= 0.6 is 11.3 Å². The average molecular weight is 464 g/mol. The highest BCUT2D eigenvalue weighted by Crippen LogP contribution is 2.30. The van der Waals surface area contributed by atoms with E-state index < -0.39 is 6.61 Å². The van der Waals surface area contributed by atoms with Gasteiger partial charge in [0, 0.05) is 17.5 Å². The van der Waals surface area contributed by atoms with Crippen molar-refractivity contribution in [3.8, 4) is 23.0 Å². The SMILES string of the molecule is COc1cc(C(=O)NCCc2ccc(OC)c(OC(F)F)c2)ccc1OCc1cscn1. The van der Waals surface area contributed by atoms with E-state index in [9.17, 15) is 13.6 Å². The number of thiazole rings is 1. The summed E-state index contributed by atoms with van der Waals surface area (Å²) in [7, 11) is 2.87. The Bertz CT molecular complexity index is 1030. The number of halogens is 2. The zero-order chi connectivity index (χ0) is 22.9. The van der Waals surface area contributed by atoms with Crippen molar-refractivity contribution in [2.24, 2.45) is 0 Å². The van der Waals surface area contributed by atoms with Crippen LogP contribution in [0.4, 0.5) is 8.78 Å². The van der Waals surface area contributed by atoms with Crippen LogP contribution in [0.1, 0.15) is 21.6 Å². The Kier molecular flexibility index (Phi) is 8.20. The first-order valence-electron chi connectivity index (χ1n) is 9.58. The van der Waals surface area contributed by atoms with Crippen molar-refractivity contribution in [2.75, 3.05) is 20.8 Å². The quantitative estimate of drug-likeness (QED) is 0.456. The molecule has 1 aromatic heterocycles. The summed E-state index contributed by atoms with van der Waals surface area (Å²) in [6.07, 6.45) is 0.418. The number of nitrogens with zero attached hydrogens (tertiary/aromatic N) is 1. The molecule has 0 fully saturated rings. The topological polar surface area (TPSA) is 78.9 Å². The zero-order valence-corrected chi connectivity index (χ0v) is 18.3. The van der Waals surface area contributed by atoms with Crippen molar-refractivity contribution in [3.63, 3.8) is 0 Å². The number of aromatic nitrogens is 1. The molecule has 0 saturated carbocycles. The Labute approximate surface area is 187 Å². The summed E-state index contributed by atoms with van der Waals surface area (Å²) in [6, 6.07) is 9.63. The summed E-state index contributed by atoms with van der Waals surface area (Å²) in [5, 5.41) is 4.69. The van der Waals surface area contributed by atoms with Crippen LogP contribution in [-0.4, -0.2) is 38.3 Å². The van der Waals surface area contributed by atoms with Crippen LogP contribution in [0.15, 0.2) is 47.3 Å². The zero-order valence-electron chi connectivity index (χ0n) is 17.5. The molecule has 0 aliphatic rings. The summed E-state index contributed by atoms with van der Waals surface area (Å²) in [5.41, 5.74) is 3.64. The summed E-state index contributed by atoms with van der Waals surface area (Å²) in [5.74, 6) is 0.789. The number of carbonyl (C=O) groups excluding carboxylic acids is 1. The highest BCUT2D eigenvalue weighted by Gasteiger charge is 2.13. The minimum atomic E-state index is -2.96. The van der Waals surface area contributed by atoms with Gasteiger partial charge in [-0.1, -0.05) is 6.07 Å². The van der Waals surface area contributed by atoms with Gasteiger partial charge >= 0.3 is 6.61 Å². The summed E-state index contributed by atoms with van der Waals surface area (Å²) < 4.78 is 45.7. The molecule has 0 bridgehead atoms. The fourth-order valence-corrected chi connectivity index (χ4v) is 3.42. The van der Waals surface area contributed by atoms with E-state index in [1.807, 2.05) is 5.38 Å². The van der Waals surface area contributed by atoms with Crippen molar-refractivity contribution in [2.45, 2.75) is 19.6 Å². The van der Waals surface area contributed by atoms with E-state index in [4.69, 9.17) is 14.2 Å². The first kappa shape index (κ1) is 23.3. The lowest BCUT2D eigenvalue weighted by Gasteiger charge is -2.13. The average Bonchev–Trinajstić information content (AvgIpc) is 3.31. The molecule has 3 aromatic rings. The van der Waals surface area contributed by atoms with Crippen molar-refractivity contribution in [1.82, 2.24) is 10.3 Å². The van der Waals surface area contributed by atoms with Crippen molar-refractivity contribution >= 4 is 17.2 Å². The van der Waals surface area contributed by atoms with Crippen LogP contribution in [-0.2, 0) is 13.0 Å². The van der Waals surface area contributed by atoms with E-state index in [0.29, 0.717) is 42.2 Å². The normalized spacial score (nSPS) is 10.7. The van der Waals surface area contributed by atoms with Gasteiger partial charge in [0.1, 0.15) is 6.61 Å². The lowest BCUT2D eigenvalue weighted by atomic mass is 10.1. The monoisotopic (exact) mass is 464 g/mol. The molecule has 0 aliphatic heterocycles. The van der Waals surface area contributed by atoms with Crippen molar-refractivity contribution in [3.05, 3.63) is 64.1 Å². The van der Waals surface area contributed by atoms with Crippen LogP contribution in [0.2, 0.25) is 0 Å². The molecule has 1 N–H and O–H groups in total. The van der Waals surface area contributed by atoms with Gasteiger partial charge in [0.25, 0.3) is 5.91 Å². The van der Waals surface area contributed by atoms with Crippen LogP contribution in [0.3, 0.4) is 0 Å². The maximum Gasteiger partial charge on any atom is 0.387 e. The molecule has 0 saturated heterocycles. The van der Waals surface area contributed by atoms with Crippen molar-refractivity contribution in [1.29, 1.82) is 0 Å². The molecule has 1 heterocycles. The van der Waals surface area contributed by atoms with Gasteiger partial charge in [-0.25, -0.2) is 4.98 Å². The largest absolute Gasteiger partial charge is 0.493 e. The fraction of sp³-hybridized carbons (Fsp3) is 0.273. The van der Waals surface area contributed by atoms with Gasteiger partial charge < -0.3 is 24.3 Å². The Morgan fingerprint density at radius 3 is 2.53 bits per heavy atom. The molecule has 2 aromatic carbocycles. The maximum absolute atomic E-state index is 12.6. The first-order valence-corrected chi connectivity index (χ1v) is 10.5. The van der Waals surface area contributed by atoms with Gasteiger partial charge in [0.05, 0.1) is 25.4 Å². The van der Waals surface area contributed by atoms with Crippen LogP contribution in [0.25, 0.3) is 0 Å². The van der Waals surface area contributed by atoms with Crippen LogP contribution in [0.5, 0.6) is 23.0 Å². The molecule has 10 heteroatoms. The van der Waals surface area contributed by atoms with E-state index in [1.54, 1.807) is 35.8 Å². The highest BCUT2D eigenvalue weighted by atomic mass is 32.1. The molecular weight excluding hydrogens is 442 g/mol. The van der Waals surface area contributed by atoms with E-state index >= 15 is 0 Å². The minimum absolute atomic E-state index is 0.0516. The van der Waals surface area contributed by atoms with Crippen LogP contribution < -0.4 is 24.3 Å². The third-order valence-electron chi connectivity index (χ3n) is 4.43. The molecule has 0 unspecified atom stereocenters. The third kappa shape index (κ3) is 6.30. The summed E-state index contributed by atoms with van der Waals surface area (Å²) in [4.78, 5) is 16.7. The van der Waals surface area contributed by atoms with Gasteiger partial charge in [-0.15, -0.1) is 11.3 Å². The van der Waals surface area contributed by atoms with E-state index in [2.05, 4.69) is 15.0 Å². The van der Waals surface area contributed by atoms with Gasteiger partial charge in [0.15, 0.2) is 23.0 Å². The highest BCUT2D eigenvalue weighted by molar-refractivity contribution is 7.07. The number of hydrogen-bond donors (Lipinski definition) is 1. The number of hydrogen-bond acceptors (Lipinski definition) is 7. The second kappa shape index (κ2) is 11.3. The molecule has 3 rings (SSSR count). The number of ether oxygens (including phenoxy) is 4. The van der Waals surface area contributed by atoms with Gasteiger partial charge in [0.2, 0.25) is 0 Å². The molecule has 0 aliphatic carbocycles. The number of carbonyl (C=O) groups is 1. The first-order chi connectivity index (χ1) is 15.5. The lowest BCUT2D eigenvalue weighted by Crippen LogP contribution is -2.25. The molecular formula is C22H22F2N2O5S. The number of methoxy groups -OCH3 is 2. The van der Waals surface area contributed by atoms with Gasteiger partial charge in [-0.2, -0.15) is 8.78 Å². The molecule has 0 radical (unpaired) electrons. The van der Waals surface area contributed by atoms with Gasteiger partial charge in [-0.3, -0.25) is 4.79 Å². The summed E-state index contributed by atoms with van der Waals surface area (Å²) >= 11 is 1.48. The predicted molar refractivity (Wildman–Crippen MR) is 115 cm³/mol. The molecule has 170 valence electrons. The number of rotatable bonds is 11. The minimum Gasteiger partial charge on any atom is -0.493 e. The lowest BCUT2D eigenvalue weighted by molar-refractivity contribution is -0.0512. The van der Waals surface area contributed by atoms with E-state index in [0.717, 1.165) is 5.69 Å². The van der Waals surface area contributed by atoms with Crippen molar-refractivity contribution < 1.29 is 32.5 Å². The van der Waals surface area contributed by atoms with Gasteiger partial charge in [-0.05, 0) is 42.3 Å². The Morgan fingerprint density at radius 2 is 1.84 bits per heavy atom. The molecule has 0 atom stereocenters. The Morgan fingerprint density at radius 1 is 1.06 bits per heavy atom. The molecule has 0 spiro atoms. The molecule has 7 nitrogen and oxygen atoms in total. The second-order valence-corrected chi connectivity index (χ2v) is 7.22. The van der Waals surface area contributed by atoms with E-state index in [1.165, 1.54) is 31.6 Å². The Balaban J connectivity index is 1.57. The number of alkyl halides is 2. The maximum atomic E-state index is 12.6. The van der Waals surface area contributed by atoms with E-state index in [-0.39, 0.29) is 17.4 Å². The Hall–Kier alpha value is -3.40. The predicted octanol–water partition coefficient (Wildman–Crippen LogP) is 4.31. The third-order valence-corrected chi connectivity index (χ3v) is 5.06. The second-order valence-electron chi connectivity index (χ2n) is 6.50. The summed E-state index contributed by atoms with van der Waals surface area (Å²) in [6.45, 7) is -2.36. The van der Waals surface area contributed by atoms with Crippen LogP contribution in [0, 0.1) is 0 Å². The standard InChI is InChI=1S/C22H22F2N2O5S/c1-28-17-5-3-14(9-20(17)31-22(23)24)7-8-25-21(27)15-4-6-18(19(10-15)29-2)30-11-16-12-32-13-26-16/h3-6,9-10,12-13,22H,7-8,11H2,1-2H3,(H,25,27). The fourth-order valence-electron chi connectivity index (χ4n) is 2.88. The smallest absolute Gasteiger partial charge is 0.387 e. The number of nitrogens with one attached hydrogen (secondary N) is 1. The molecule has 32 heavy (non-hydrogen) atoms. The number of benzene rings is 2. The molecule has 1 amide bonds.